The highest BCUT2D eigenvalue weighted by Crippen LogP contribution is 2.30. The molecular formula is C20H24ClN3O3S. The lowest BCUT2D eigenvalue weighted by molar-refractivity contribution is 0.0396. The number of rotatable bonds is 4. The quantitative estimate of drug-likeness (QED) is 0.756. The second-order valence-corrected chi connectivity index (χ2v) is 9.49. The minimum absolute atomic E-state index is 0.138. The van der Waals surface area contributed by atoms with Gasteiger partial charge in [-0.25, -0.2) is 13.4 Å². The van der Waals surface area contributed by atoms with Crippen LogP contribution in [0.15, 0.2) is 47.5 Å². The second kappa shape index (κ2) is 8.37. The van der Waals surface area contributed by atoms with Crippen molar-refractivity contribution < 1.29 is 13.2 Å². The first-order valence-corrected chi connectivity index (χ1v) is 11.4. The zero-order chi connectivity index (χ0) is 19.6. The summed E-state index contributed by atoms with van der Waals surface area (Å²) >= 11 is 6.31. The van der Waals surface area contributed by atoms with E-state index in [-0.39, 0.29) is 11.0 Å². The predicted molar refractivity (Wildman–Crippen MR) is 109 cm³/mol. The Morgan fingerprint density at radius 3 is 2.54 bits per heavy atom. The van der Waals surface area contributed by atoms with Crippen LogP contribution in [0, 0.1) is 0 Å². The van der Waals surface area contributed by atoms with Gasteiger partial charge in [0.15, 0.2) is 0 Å². The van der Waals surface area contributed by atoms with Crippen LogP contribution in [0.2, 0.25) is 5.02 Å². The SMILES string of the molecule is O=S(=O)(c1ccc(N2CCOC(c3ccccc3Cl)C2)nc1)N1CCCCC1. The standard InChI is InChI=1S/C20H24ClN3O3S/c21-18-7-3-2-6-17(18)19-15-23(12-13-27-19)20-9-8-16(14-22-20)28(25,26)24-10-4-1-5-11-24/h2-3,6-9,14,19H,1,4-5,10-13,15H2. The highest BCUT2D eigenvalue weighted by atomic mass is 35.5. The summed E-state index contributed by atoms with van der Waals surface area (Å²) in [6.07, 6.45) is 4.26. The molecule has 2 aliphatic heterocycles. The number of hydrogen-bond donors (Lipinski definition) is 0. The van der Waals surface area contributed by atoms with Crippen LogP contribution < -0.4 is 4.90 Å². The molecule has 4 rings (SSSR count). The van der Waals surface area contributed by atoms with Gasteiger partial charge in [-0.05, 0) is 31.0 Å². The maximum Gasteiger partial charge on any atom is 0.244 e. The third-order valence-electron chi connectivity index (χ3n) is 5.32. The number of hydrogen-bond acceptors (Lipinski definition) is 5. The highest BCUT2D eigenvalue weighted by Gasteiger charge is 2.28. The van der Waals surface area contributed by atoms with Crippen molar-refractivity contribution in [1.82, 2.24) is 9.29 Å². The Morgan fingerprint density at radius 2 is 1.82 bits per heavy atom. The van der Waals surface area contributed by atoms with E-state index in [1.165, 1.54) is 6.20 Å². The second-order valence-electron chi connectivity index (χ2n) is 7.14. The molecule has 150 valence electrons. The summed E-state index contributed by atoms with van der Waals surface area (Å²) in [4.78, 5) is 6.81. The normalized spacial score (nSPS) is 21.6. The lowest BCUT2D eigenvalue weighted by atomic mass is 10.1. The van der Waals surface area contributed by atoms with Crippen LogP contribution in [-0.4, -0.2) is 50.5 Å². The maximum absolute atomic E-state index is 12.8. The molecular weight excluding hydrogens is 398 g/mol. The Balaban J connectivity index is 1.50. The third kappa shape index (κ3) is 4.03. The molecule has 28 heavy (non-hydrogen) atoms. The number of pyridine rings is 1. The molecule has 1 aromatic heterocycles. The number of aromatic nitrogens is 1. The number of sulfonamides is 1. The Kier molecular flexibility index (Phi) is 5.87. The Hall–Kier alpha value is -1.67. The lowest BCUT2D eigenvalue weighted by Gasteiger charge is -2.34. The number of ether oxygens (including phenoxy) is 1. The fraction of sp³-hybridized carbons (Fsp3) is 0.450. The van der Waals surface area contributed by atoms with Gasteiger partial charge in [-0.1, -0.05) is 36.2 Å². The van der Waals surface area contributed by atoms with Gasteiger partial charge in [0, 0.05) is 43.0 Å². The summed E-state index contributed by atoms with van der Waals surface area (Å²) in [7, 11) is -3.46. The molecule has 3 heterocycles. The van der Waals surface area contributed by atoms with E-state index in [9.17, 15) is 8.42 Å². The molecule has 2 aliphatic rings. The van der Waals surface area contributed by atoms with Crippen molar-refractivity contribution in [3.05, 3.63) is 53.2 Å². The molecule has 0 bridgehead atoms. The maximum atomic E-state index is 12.8. The number of piperidine rings is 1. The van der Waals surface area contributed by atoms with E-state index < -0.39 is 10.0 Å². The van der Waals surface area contributed by atoms with Crippen LogP contribution >= 0.6 is 11.6 Å². The van der Waals surface area contributed by atoms with Gasteiger partial charge in [-0.15, -0.1) is 0 Å². The van der Waals surface area contributed by atoms with E-state index in [0.717, 1.165) is 30.6 Å². The molecule has 1 atom stereocenters. The van der Waals surface area contributed by atoms with Crippen molar-refractivity contribution in [2.45, 2.75) is 30.3 Å². The monoisotopic (exact) mass is 421 g/mol. The minimum atomic E-state index is -3.46. The van der Waals surface area contributed by atoms with Gasteiger partial charge in [-0.2, -0.15) is 4.31 Å². The summed E-state index contributed by atoms with van der Waals surface area (Å²) < 4.78 is 33.0. The van der Waals surface area contributed by atoms with Gasteiger partial charge in [0.05, 0.1) is 6.61 Å². The van der Waals surface area contributed by atoms with Gasteiger partial charge in [0.1, 0.15) is 16.8 Å². The van der Waals surface area contributed by atoms with Gasteiger partial charge in [0.25, 0.3) is 0 Å². The van der Waals surface area contributed by atoms with Crippen molar-refractivity contribution in [2.75, 3.05) is 37.7 Å². The molecule has 0 aliphatic carbocycles. The molecule has 0 N–H and O–H groups in total. The average molecular weight is 422 g/mol. The van der Waals surface area contributed by atoms with Crippen molar-refractivity contribution >= 4 is 27.4 Å². The Bertz CT molecular complexity index is 915. The zero-order valence-electron chi connectivity index (χ0n) is 15.6. The van der Waals surface area contributed by atoms with Crippen molar-refractivity contribution in [3.8, 4) is 0 Å². The summed E-state index contributed by atoms with van der Waals surface area (Å²) in [6, 6.07) is 11.1. The summed E-state index contributed by atoms with van der Waals surface area (Å²) in [5, 5.41) is 0.685. The smallest absolute Gasteiger partial charge is 0.244 e. The summed E-state index contributed by atoms with van der Waals surface area (Å²) in [5.41, 5.74) is 0.957. The fourth-order valence-electron chi connectivity index (χ4n) is 3.75. The van der Waals surface area contributed by atoms with Crippen molar-refractivity contribution in [3.63, 3.8) is 0 Å². The number of morpholine rings is 1. The van der Waals surface area contributed by atoms with Crippen LogP contribution in [-0.2, 0) is 14.8 Å². The predicted octanol–water partition coefficient (Wildman–Crippen LogP) is 3.49. The number of nitrogens with zero attached hydrogens (tertiary/aromatic N) is 3. The first kappa shape index (κ1) is 19.6. The molecule has 2 aromatic rings. The first-order valence-electron chi connectivity index (χ1n) is 9.63. The van der Waals surface area contributed by atoms with E-state index in [1.54, 1.807) is 16.4 Å². The topological polar surface area (TPSA) is 62.7 Å². The van der Waals surface area contributed by atoms with Crippen molar-refractivity contribution in [2.24, 2.45) is 0 Å². The van der Waals surface area contributed by atoms with Gasteiger partial charge >= 0.3 is 0 Å². The molecule has 6 nitrogen and oxygen atoms in total. The van der Waals surface area contributed by atoms with E-state index in [1.807, 2.05) is 24.3 Å². The molecule has 8 heteroatoms. The summed E-state index contributed by atoms with van der Waals surface area (Å²) in [5.74, 6) is 0.748. The Morgan fingerprint density at radius 1 is 1.04 bits per heavy atom. The van der Waals surface area contributed by atoms with E-state index >= 15 is 0 Å². The molecule has 0 radical (unpaired) electrons. The number of halogens is 1. The fourth-order valence-corrected chi connectivity index (χ4v) is 5.47. The van der Waals surface area contributed by atoms with Gasteiger partial charge in [-0.3, -0.25) is 0 Å². The van der Waals surface area contributed by atoms with Crippen LogP contribution in [0.5, 0.6) is 0 Å². The van der Waals surface area contributed by atoms with E-state index in [4.69, 9.17) is 16.3 Å². The van der Waals surface area contributed by atoms with Crippen LogP contribution in [0.25, 0.3) is 0 Å². The average Bonchev–Trinajstić information content (AvgIpc) is 2.75. The van der Waals surface area contributed by atoms with Crippen LogP contribution in [0.3, 0.4) is 0 Å². The first-order chi connectivity index (χ1) is 13.6. The minimum Gasteiger partial charge on any atom is -0.370 e. The number of benzene rings is 1. The molecule has 2 fully saturated rings. The number of anilines is 1. The van der Waals surface area contributed by atoms with Gasteiger partial charge in [0.2, 0.25) is 10.0 Å². The van der Waals surface area contributed by atoms with Gasteiger partial charge < -0.3 is 9.64 Å². The Labute approximate surface area is 171 Å². The largest absolute Gasteiger partial charge is 0.370 e. The highest BCUT2D eigenvalue weighted by molar-refractivity contribution is 7.89. The van der Waals surface area contributed by atoms with E-state index in [0.29, 0.717) is 37.8 Å². The summed E-state index contributed by atoms with van der Waals surface area (Å²) in [6.45, 7) is 3.06. The van der Waals surface area contributed by atoms with Crippen LogP contribution in [0.1, 0.15) is 30.9 Å². The van der Waals surface area contributed by atoms with Crippen molar-refractivity contribution in [1.29, 1.82) is 0 Å². The lowest BCUT2D eigenvalue weighted by Crippen LogP contribution is -2.39. The molecule has 2 saturated heterocycles. The zero-order valence-corrected chi connectivity index (χ0v) is 17.2. The van der Waals surface area contributed by atoms with Crippen LogP contribution in [0.4, 0.5) is 5.82 Å². The molecule has 0 amide bonds. The molecule has 0 saturated carbocycles. The molecule has 0 spiro atoms. The molecule has 1 aromatic carbocycles. The van der Waals surface area contributed by atoms with E-state index in [2.05, 4.69) is 9.88 Å². The third-order valence-corrected chi connectivity index (χ3v) is 7.54. The molecule has 1 unspecified atom stereocenters.